The third-order valence-electron chi connectivity index (χ3n) is 7.61. The molecule has 13 heteroatoms. The highest BCUT2D eigenvalue weighted by atomic mass is 35.5. The second-order valence-corrected chi connectivity index (χ2v) is 14.8. The minimum atomic E-state index is -3.64. The van der Waals surface area contributed by atoms with E-state index in [2.05, 4.69) is 63.6 Å². The summed E-state index contributed by atoms with van der Waals surface area (Å²) >= 11 is 13.2. The monoisotopic (exact) mass is 621 g/mol. The zero-order valence-corrected chi connectivity index (χ0v) is 26.5. The van der Waals surface area contributed by atoms with Gasteiger partial charge in [0.25, 0.3) is 0 Å². The summed E-state index contributed by atoms with van der Waals surface area (Å²) in [4.78, 5) is 11.3. The van der Waals surface area contributed by atoms with Crippen LogP contribution in [0.5, 0.6) is 0 Å². The number of aromatic nitrogens is 4. The molecule has 2 aromatic rings. The molecule has 0 saturated heterocycles. The number of sulfone groups is 1. The Labute approximate surface area is 251 Å². The fraction of sp³-hybridized carbons (Fsp3) is 0.536. The Kier molecular flexibility index (Phi) is 8.30. The first-order valence-corrected chi connectivity index (χ1v) is 16.1. The quantitative estimate of drug-likeness (QED) is 0.389. The molecule has 2 aromatic heterocycles. The highest BCUT2D eigenvalue weighted by Gasteiger charge is 2.42. The second-order valence-electron chi connectivity index (χ2n) is 11.5. The number of nitrogens with zero attached hydrogens (tertiary/aromatic N) is 5. The van der Waals surface area contributed by atoms with Crippen LogP contribution in [0.2, 0.25) is 5.02 Å². The summed E-state index contributed by atoms with van der Waals surface area (Å²) < 4.78 is 33.9. The van der Waals surface area contributed by atoms with Crippen LogP contribution in [0.4, 0.5) is 17.5 Å². The van der Waals surface area contributed by atoms with Gasteiger partial charge in [0.05, 0.1) is 29.3 Å². The Hall–Kier alpha value is -2.44. The third kappa shape index (κ3) is 6.34. The van der Waals surface area contributed by atoms with E-state index in [1.165, 1.54) is 16.5 Å². The number of ether oxygens (including phenoxy) is 1. The number of aryl methyl sites for hydroxylation is 1. The number of likely N-dealkylation sites (N-methyl/N-ethyl adjacent to an activating group) is 1. The van der Waals surface area contributed by atoms with Crippen LogP contribution in [-0.4, -0.2) is 76.2 Å². The van der Waals surface area contributed by atoms with Gasteiger partial charge in [-0.3, -0.25) is 4.68 Å². The van der Waals surface area contributed by atoms with Crippen LogP contribution in [0, 0.1) is 0 Å². The maximum atomic E-state index is 12.9. The molecule has 41 heavy (non-hydrogen) atoms. The summed E-state index contributed by atoms with van der Waals surface area (Å²) in [6, 6.07) is -0.276. The lowest BCUT2D eigenvalue weighted by Crippen LogP contribution is -2.47. The number of hydrogen-bond acceptors (Lipinski definition) is 9. The van der Waals surface area contributed by atoms with Gasteiger partial charge in [0.15, 0.2) is 5.82 Å². The summed E-state index contributed by atoms with van der Waals surface area (Å²) in [6.07, 6.45) is 10.5. The predicted octanol–water partition coefficient (Wildman–Crippen LogP) is 5.22. The van der Waals surface area contributed by atoms with Crippen LogP contribution >= 0.6 is 23.2 Å². The smallest absolute Gasteiger partial charge is 0.225 e. The van der Waals surface area contributed by atoms with Gasteiger partial charge in [0.1, 0.15) is 10.6 Å². The van der Waals surface area contributed by atoms with Crippen LogP contribution in [-0.2, 0) is 21.6 Å². The van der Waals surface area contributed by atoms with Crippen LogP contribution in [0.1, 0.15) is 47.0 Å². The molecule has 1 aliphatic heterocycles. The summed E-state index contributed by atoms with van der Waals surface area (Å²) in [7, 11) is 0.0908. The third-order valence-corrected chi connectivity index (χ3v) is 10.3. The molecule has 3 heterocycles. The molecule has 0 spiro atoms. The van der Waals surface area contributed by atoms with Crippen molar-refractivity contribution >= 4 is 50.5 Å². The van der Waals surface area contributed by atoms with Gasteiger partial charge < -0.3 is 20.3 Å². The van der Waals surface area contributed by atoms with Crippen molar-refractivity contribution in [1.29, 1.82) is 0 Å². The van der Waals surface area contributed by atoms with Crippen LogP contribution in [0.3, 0.4) is 0 Å². The zero-order valence-electron chi connectivity index (χ0n) is 24.2. The van der Waals surface area contributed by atoms with E-state index in [0.29, 0.717) is 11.6 Å². The predicted molar refractivity (Wildman–Crippen MR) is 163 cm³/mol. The van der Waals surface area contributed by atoms with Crippen molar-refractivity contribution in [2.24, 2.45) is 7.05 Å². The highest BCUT2D eigenvalue weighted by molar-refractivity contribution is 7.92. The number of hydrogen-bond donors (Lipinski definition) is 2. The molecule has 222 valence electrons. The lowest BCUT2D eigenvalue weighted by molar-refractivity contribution is -0.0129. The summed E-state index contributed by atoms with van der Waals surface area (Å²) in [6.45, 7) is 9.07. The van der Waals surface area contributed by atoms with Gasteiger partial charge in [-0.25, -0.2) is 13.4 Å². The molecule has 2 N–H and O–H groups in total. The van der Waals surface area contributed by atoms with Crippen molar-refractivity contribution in [2.45, 2.75) is 75.0 Å². The zero-order chi connectivity index (χ0) is 29.7. The molecular weight excluding hydrogens is 585 g/mol. The van der Waals surface area contributed by atoms with E-state index in [-0.39, 0.29) is 28.0 Å². The summed E-state index contributed by atoms with van der Waals surface area (Å²) in [5.74, 6) is 0.584. The van der Waals surface area contributed by atoms with Crippen LogP contribution in [0.25, 0.3) is 0 Å². The van der Waals surface area contributed by atoms with E-state index in [1.54, 1.807) is 27.1 Å². The number of allylic oxidation sites excluding steroid dienone is 2. The van der Waals surface area contributed by atoms with Crippen molar-refractivity contribution in [3.63, 3.8) is 0 Å². The largest absolute Gasteiger partial charge is 0.365 e. The van der Waals surface area contributed by atoms with E-state index < -0.39 is 20.7 Å². The molecule has 0 bridgehead atoms. The van der Waals surface area contributed by atoms with Gasteiger partial charge >= 0.3 is 0 Å². The maximum Gasteiger partial charge on any atom is 0.225 e. The van der Waals surface area contributed by atoms with Gasteiger partial charge in [0.2, 0.25) is 20.8 Å². The lowest BCUT2D eigenvalue weighted by Gasteiger charge is -2.39. The number of halogens is 2. The van der Waals surface area contributed by atoms with E-state index in [0.717, 1.165) is 48.5 Å². The molecule has 2 unspecified atom stereocenters. The first-order chi connectivity index (χ1) is 19.3. The number of nitrogens with one attached hydrogen (secondary N) is 2. The number of rotatable bonds is 9. The fourth-order valence-corrected chi connectivity index (χ4v) is 6.70. The highest BCUT2D eigenvalue weighted by Crippen LogP contribution is 2.41. The standard InChI is InChI=1S/C28H37Cl2N7O3S/c1-16(2)41(38,39)26-23(15-37(6)35-26)32-25-21(29)13-31-27(34-25)33-24-11-17(3)20(12-28(24,4)40-18-7-8-18)19-9-10-36(5)14-22(19)30/h11-13,15-16,18,24H,7-10,14H2,1-6H3,(H2,31,32,33,34). The van der Waals surface area contributed by atoms with E-state index in [1.807, 2.05) is 0 Å². The van der Waals surface area contributed by atoms with Gasteiger partial charge in [-0.05, 0) is 76.8 Å². The topological polar surface area (TPSA) is 114 Å². The van der Waals surface area contributed by atoms with Gasteiger partial charge in [-0.15, -0.1) is 0 Å². The molecule has 0 radical (unpaired) electrons. The van der Waals surface area contributed by atoms with Crippen molar-refractivity contribution in [1.82, 2.24) is 24.6 Å². The average Bonchev–Trinajstić information content (AvgIpc) is 3.61. The molecule has 0 aromatic carbocycles. The van der Waals surface area contributed by atoms with Crippen LogP contribution < -0.4 is 10.6 Å². The summed E-state index contributed by atoms with van der Waals surface area (Å²) in [5, 5.41) is 11.1. The molecule has 3 aliphatic rings. The second kappa shape index (κ2) is 11.3. The average molecular weight is 623 g/mol. The van der Waals surface area contributed by atoms with Gasteiger partial charge in [-0.1, -0.05) is 29.3 Å². The lowest BCUT2D eigenvalue weighted by atomic mass is 9.80. The minimum Gasteiger partial charge on any atom is -0.365 e. The Balaban J connectivity index is 1.44. The molecular formula is C28H37Cl2N7O3S. The summed E-state index contributed by atoms with van der Waals surface area (Å²) in [5.41, 5.74) is 3.00. The molecule has 2 atom stereocenters. The SMILES string of the molecule is CC1=CC(Nc2ncc(Cl)c(Nc3cn(C)nc3S(=O)(=O)C(C)C)n2)C(C)(OC2CC2)C=C1C1=C(Cl)CN(C)CC1. The fourth-order valence-electron chi connectivity index (χ4n) is 5.07. The van der Waals surface area contributed by atoms with Crippen LogP contribution in [0.15, 0.2) is 51.3 Å². The molecule has 0 amide bonds. The first kappa shape index (κ1) is 30.0. The molecule has 2 aliphatic carbocycles. The molecule has 1 fully saturated rings. The normalized spacial score (nSPS) is 24.0. The van der Waals surface area contributed by atoms with E-state index >= 15 is 0 Å². The molecule has 5 rings (SSSR count). The van der Waals surface area contributed by atoms with Crippen molar-refractivity contribution in [3.8, 4) is 0 Å². The van der Waals surface area contributed by atoms with Crippen molar-refractivity contribution < 1.29 is 13.2 Å². The molecule has 10 nitrogen and oxygen atoms in total. The Bertz CT molecular complexity index is 1550. The Morgan fingerprint density at radius 3 is 2.61 bits per heavy atom. The van der Waals surface area contributed by atoms with Gasteiger partial charge in [0, 0.05) is 31.4 Å². The number of anilines is 3. The van der Waals surface area contributed by atoms with Crippen molar-refractivity contribution in [3.05, 3.63) is 51.3 Å². The van der Waals surface area contributed by atoms with E-state index in [9.17, 15) is 8.42 Å². The Morgan fingerprint density at radius 1 is 1.22 bits per heavy atom. The maximum absolute atomic E-state index is 12.9. The van der Waals surface area contributed by atoms with Gasteiger partial charge in [-0.2, -0.15) is 10.1 Å². The molecule has 1 saturated carbocycles. The van der Waals surface area contributed by atoms with E-state index in [4.69, 9.17) is 27.9 Å². The first-order valence-electron chi connectivity index (χ1n) is 13.8. The minimum absolute atomic E-state index is 0.0602. The van der Waals surface area contributed by atoms with Crippen molar-refractivity contribution in [2.75, 3.05) is 30.8 Å². The Morgan fingerprint density at radius 2 is 1.95 bits per heavy atom.